The van der Waals surface area contributed by atoms with Crippen LogP contribution >= 0.6 is 27.3 Å². The summed E-state index contributed by atoms with van der Waals surface area (Å²) in [5.41, 5.74) is 1.89. The molecule has 0 radical (unpaired) electrons. The number of hydrogen-bond acceptors (Lipinski definition) is 4. The fraction of sp³-hybridized carbons (Fsp3) is 0.545. The maximum absolute atomic E-state index is 12.1. The average molecular weight is 318 g/mol. The van der Waals surface area contributed by atoms with Crippen LogP contribution in [0.15, 0.2) is 15.9 Å². The summed E-state index contributed by atoms with van der Waals surface area (Å²) in [5.74, 6) is 5.28. The Morgan fingerprint density at radius 3 is 2.65 bits per heavy atom. The van der Waals surface area contributed by atoms with Gasteiger partial charge >= 0.3 is 0 Å². The first-order valence-electron chi connectivity index (χ1n) is 5.54. The van der Waals surface area contributed by atoms with Gasteiger partial charge in [0, 0.05) is 4.88 Å². The van der Waals surface area contributed by atoms with Crippen molar-refractivity contribution in [1.82, 2.24) is 10.3 Å². The summed E-state index contributed by atoms with van der Waals surface area (Å²) in [4.78, 5) is 15.5. The average Bonchev–Trinajstić information content (AvgIpc) is 2.77. The van der Waals surface area contributed by atoms with E-state index in [0.29, 0.717) is 0 Å². The van der Waals surface area contributed by atoms with Crippen LogP contribution in [0.5, 0.6) is 0 Å². The van der Waals surface area contributed by atoms with E-state index in [1.54, 1.807) is 11.3 Å². The number of rotatable bonds is 2. The number of carbonyl (C=O) groups is 1. The first-order chi connectivity index (χ1) is 8.08. The van der Waals surface area contributed by atoms with Crippen LogP contribution < -0.4 is 11.3 Å². The second-order valence-electron chi connectivity index (χ2n) is 4.46. The zero-order valence-electron chi connectivity index (χ0n) is 9.70. The zero-order valence-corrected chi connectivity index (χ0v) is 12.1. The molecule has 0 aromatic carbocycles. The lowest BCUT2D eigenvalue weighted by atomic mass is 9.76. The fourth-order valence-corrected chi connectivity index (χ4v) is 3.93. The number of thiophene rings is 1. The van der Waals surface area contributed by atoms with Gasteiger partial charge in [-0.1, -0.05) is 0 Å². The molecule has 1 amide bonds. The number of hydrogen-bond donors (Lipinski definition) is 2. The van der Waals surface area contributed by atoms with Crippen molar-refractivity contribution in [3.63, 3.8) is 0 Å². The van der Waals surface area contributed by atoms with Gasteiger partial charge in [-0.3, -0.25) is 10.2 Å². The van der Waals surface area contributed by atoms with Gasteiger partial charge in [0.2, 0.25) is 5.91 Å². The SMILES string of the molecule is CN1CCC(C(=O)NN)(c2ccc(Br)s2)CC1. The zero-order chi connectivity index (χ0) is 12.5. The van der Waals surface area contributed by atoms with E-state index in [4.69, 9.17) is 5.84 Å². The highest BCUT2D eigenvalue weighted by Gasteiger charge is 2.43. The van der Waals surface area contributed by atoms with E-state index in [1.807, 2.05) is 12.1 Å². The Bertz CT molecular complexity index is 413. The van der Waals surface area contributed by atoms with Gasteiger partial charge in [-0.2, -0.15) is 0 Å². The number of piperidine rings is 1. The molecule has 2 heterocycles. The predicted molar refractivity (Wildman–Crippen MR) is 72.8 cm³/mol. The molecule has 1 fully saturated rings. The maximum atomic E-state index is 12.1. The van der Waals surface area contributed by atoms with Crippen molar-refractivity contribution in [2.75, 3.05) is 20.1 Å². The Labute approximate surface area is 113 Å². The number of likely N-dealkylation sites (tertiary alicyclic amines) is 1. The van der Waals surface area contributed by atoms with Gasteiger partial charge in [0.15, 0.2) is 0 Å². The standard InChI is InChI=1S/C11H16BrN3OS/c1-15-6-4-11(5-7-15,10(16)14-13)8-2-3-9(12)17-8/h2-3H,4-7,13H2,1H3,(H,14,16). The second-order valence-corrected chi connectivity index (χ2v) is 6.93. The third kappa shape index (κ3) is 2.40. The lowest BCUT2D eigenvalue weighted by Crippen LogP contribution is -2.52. The smallest absolute Gasteiger partial charge is 0.245 e. The summed E-state index contributed by atoms with van der Waals surface area (Å²) in [7, 11) is 2.08. The summed E-state index contributed by atoms with van der Waals surface area (Å²) in [5, 5.41) is 0. The third-order valence-corrected chi connectivity index (χ3v) is 5.28. The van der Waals surface area contributed by atoms with Gasteiger partial charge in [0.1, 0.15) is 0 Å². The van der Waals surface area contributed by atoms with Crippen LogP contribution in [0, 0.1) is 0 Å². The number of hydrazine groups is 1. The number of nitrogens with zero attached hydrogens (tertiary/aromatic N) is 1. The molecule has 2 rings (SSSR count). The highest BCUT2D eigenvalue weighted by atomic mass is 79.9. The van der Waals surface area contributed by atoms with Crippen LogP contribution in [-0.2, 0) is 10.2 Å². The topological polar surface area (TPSA) is 58.4 Å². The lowest BCUT2D eigenvalue weighted by Gasteiger charge is -2.38. The van der Waals surface area contributed by atoms with Crippen LogP contribution in [0.3, 0.4) is 0 Å². The summed E-state index contributed by atoms with van der Waals surface area (Å²) in [6.07, 6.45) is 1.64. The highest BCUT2D eigenvalue weighted by molar-refractivity contribution is 9.11. The van der Waals surface area contributed by atoms with Crippen LogP contribution in [0.25, 0.3) is 0 Å². The molecule has 94 valence electrons. The van der Waals surface area contributed by atoms with Gasteiger partial charge in [-0.05, 0) is 61.0 Å². The molecule has 1 aliphatic rings. The quantitative estimate of drug-likeness (QED) is 0.493. The molecule has 4 nitrogen and oxygen atoms in total. The second kappa shape index (κ2) is 5.06. The van der Waals surface area contributed by atoms with Crippen molar-refractivity contribution >= 4 is 33.2 Å². The maximum Gasteiger partial charge on any atom is 0.245 e. The molecule has 0 atom stereocenters. The Kier molecular flexibility index (Phi) is 3.87. The number of nitrogens with one attached hydrogen (secondary N) is 1. The number of amides is 1. The molecule has 1 saturated heterocycles. The van der Waals surface area contributed by atoms with E-state index >= 15 is 0 Å². The molecule has 1 aliphatic heterocycles. The van der Waals surface area contributed by atoms with E-state index in [1.165, 1.54) is 0 Å². The van der Waals surface area contributed by atoms with Crippen molar-refractivity contribution in [3.05, 3.63) is 20.8 Å². The highest BCUT2D eigenvalue weighted by Crippen LogP contribution is 2.40. The molecular formula is C11H16BrN3OS. The van der Waals surface area contributed by atoms with Crippen LogP contribution in [0.4, 0.5) is 0 Å². The Balaban J connectivity index is 2.34. The van der Waals surface area contributed by atoms with Crippen LogP contribution in [-0.4, -0.2) is 30.9 Å². The molecule has 6 heteroatoms. The first kappa shape index (κ1) is 13.0. The molecule has 0 unspecified atom stereocenters. The van der Waals surface area contributed by atoms with E-state index in [2.05, 4.69) is 33.3 Å². The number of nitrogens with two attached hydrogens (primary N) is 1. The van der Waals surface area contributed by atoms with Gasteiger partial charge < -0.3 is 4.90 Å². The van der Waals surface area contributed by atoms with E-state index in [-0.39, 0.29) is 5.91 Å². The molecule has 0 bridgehead atoms. The first-order valence-corrected chi connectivity index (χ1v) is 7.15. The van der Waals surface area contributed by atoms with Crippen LogP contribution in [0.2, 0.25) is 0 Å². The monoisotopic (exact) mass is 317 g/mol. The van der Waals surface area contributed by atoms with E-state index < -0.39 is 5.41 Å². The van der Waals surface area contributed by atoms with Crippen molar-refractivity contribution in [1.29, 1.82) is 0 Å². The van der Waals surface area contributed by atoms with Gasteiger partial charge in [0.05, 0.1) is 9.20 Å². The van der Waals surface area contributed by atoms with Crippen molar-refractivity contribution in [3.8, 4) is 0 Å². The molecule has 0 saturated carbocycles. The molecule has 0 spiro atoms. The summed E-state index contributed by atoms with van der Waals surface area (Å²) in [6.45, 7) is 1.84. The van der Waals surface area contributed by atoms with Crippen LogP contribution in [0.1, 0.15) is 17.7 Å². The molecule has 17 heavy (non-hydrogen) atoms. The Morgan fingerprint density at radius 2 is 2.18 bits per heavy atom. The normalized spacial score (nSPS) is 20.2. The van der Waals surface area contributed by atoms with E-state index in [9.17, 15) is 4.79 Å². The Hall–Kier alpha value is -0.430. The minimum atomic E-state index is -0.446. The third-order valence-electron chi connectivity index (χ3n) is 3.45. The van der Waals surface area contributed by atoms with Gasteiger partial charge in [-0.25, -0.2) is 5.84 Å². The molecular weight excluding hydrogens is 302 g/mol. The molecule has 0 aliphatic carbocycles. The predicted octanol–water partition coefficient (Wildman–Crippen LogP) is 1.46. The van der Waals surface area contributed by atoms with Crippen molar-refractivity contribution in [2.45, 2.75) is 18.3 Å². The summed E-state index contributed by atoms with van der Waals surface area (Å²) >= 11 is 5.07. The Morgan fingerprint density at radius 1 is 1.53 bits per heavy atom. The van der Waals surface area contributed by atoms with E-state index in [0.717, 1.165) is 34.6 Å². The van der Waals surface area contributed by atoms with Crippen molar-refractivity contribution in [2.24, 2.45) is 5.84 Å². The van der Waals surface area contributed by atoms with Gasteiger partial charge in [0.25, 0.3) is 0 Å². The minimum Gasteiger partial charge on any atom is -0.306 e. The summed E-state index contributed by atoms with van der Waals surface area (Å²) < 4.78 is 1.05. The molecule has 3 N–H and O–H groups in total. The lowest BCUT2D eigenvalue weighted by molar-refractivity contribution is -0.128. The minimum absolute atomic E-state index is 0.0695. The fourth-order valence-electron chi connectivity index (χ4n) is 2.30. The number of carbonyl (C=O) groups excluding carboxylic acids is 1. The number of halogens is 1. The van der Waals surface area contributed by atoms with Gasteiger partial charge in [-0.15, -0.1) is 11.3 Å². The summed E-state index contributed by atoms with van der Waals surface area (Å²) in [6, 6.07) is 4.01. The molecule has 1 aromatic rings. The molecule has 1 aromatic heterocycles. The largest absolute Gasteiger partial charge is 0.306 e. The van der Waals surface area contributed by atoms with Crippen molar-refractivity contribution < 1.29 is 4.79 Å².